The maximum absolute atomic E-state index is 12.8. The first kappa shape index (κ1) is 60.4. The highest BCUT2D eigenvalue weighted by Gasteiger charge is 2.19. The molecule has 0 radical (unpaired) electrons. The van der Waals surface area contributed by atoms with E-state index >= 15 is 0 Å². The van der Waals surface area contributed by atoms with Crippen LogP contribution in [0.2, 0.25) is 0 Å². The Labute approximate surface area is 390 Å². The molecule has 0 bridgehead atoms. The monoisotopic (exact) mass is 883 g/mol. The number of rotatable bonds is 49. The molecule has 0 aliphatic heterocycles. The number of hydrogen-bond donors (Lipinski definition) is 0. The molecule has 0 N–H and O–H groups in total. The Morgan fingerprint density at radius 3 is 1.08 bits per heavy atom. The third kappa shape index (κ3) is 50.2. The van der Waals surface area contributed by atoms with E-state index < -0.39 is 6.10 Å². The van der Waals surface area contributed by atoms with Crippen LogP contribution in [-0.4, -0.2) is 37.2 Å². The minimum atomic E-state index is -0.803. The molecule has 366 valence electrons. The molecule has 0 aliphatic carbocycles. The average molecular weight is 883 g/mol. The molecule has 0 fully saturated rings. The molecule has 0 amide bonds. The molecule has 0 rings (SSSR count). The molecule has 0 spiro atoms. The molecule has 6 nitrogen and oxygen atoms in total. The predicted octanol–water partition coefficient (Wildman–Crippen LogP) is 17.9. The van der Waals surface area contributed by atoms with Crippen LogP contribution < -0.4 is 0 Å². The van der Waals surface area contributed by atoms with Gasteiger partial charge in [0.05, 0.1) is 0 Å². The SMILES string of the molecule is CCCCCCCC/C=C/C/C=C/CCC(=O)OCC(COC(=O)CCCCC/C=C/C=C/CCCCCCCCC)OC(=O)CCCCCCCCCCCCCCCCCC. The van der Waals surface area contributed by atoms with Gasteiger partial charge < -0.3 is 14.2 Å². The van der Waals surface area contributed by atoms with Crippen molar-refractivity contribution in [3.63, 3.8) is 0 Å². The van der Waals surface area contributed by atoms with Crippen molar-refractivity contribution in [2.75, 3.05) is 13.2 Å². The van der Waals surface area contributed by atoms with Crippen molar-refractivity contribution in [2.45, 2.75) is 284 Å². The van der Waals surface area contributed by atoms with Crippen molar-refractivity contribution in [1.29, 1.82) is 0 Å². The van der Waals surface area contributed by atoms with Crippen LogP contribution >= 0.6 is 0 Å². The van der Waals surface area contributed by atoms with E-state index in [-0.39, 0.29) is 37.5 Å². The zero-order valence-electron chi connectivity index (χ0n) is 41.8. The molecule has 63 heavy (non-hydrogen) atoms. The van der Waals surface area contributed by atoms with Crippen molar-refractivity contribution >= 4 is 17.9 Å². The highest BCUT2D eigenvalue weighted by Crippen LogP contribution is 2.15. The van der Waals surface area contributed by atoms with E-state index in [1.54, 1.807) is 0 Å². The summed E-state index contributed by atoms with van der Waals surface area (Å²) in [7, 11) is 0. The molecular weight excluding hydrogens is 781 g/mol. The summed E-state index contributed by atoms with van der Waals surface area (Å²) in [6.07, 6.45) is 62.5. The minimum Gasteiger partial charge on any atom is -0.462 e. The first-order chi connectivity index (χ1) is 31.0. The Kier molecular flexibility index (Phi) is 49.8. The van der Waals surface area contributed by atoms with Gasteiger partial charge >= 0.3 is 17.9 Å². The Morgan fingerprint density at radius 1 is 0.333 bits per heavy atom. The van der Waals surface area contributed by atoms with Gasteiger partial charge in [-0.05, 0) is 64.2 Å². The number of carbonyl (C=O) groups excluding carboxylic acids is 3. The summed E-state index contributed by atoms with van der Waals surface area (Å²) in [5.41, 5.74) is 0. The van der Waals surface area contributed by atoms with Crippen molar-refractivity contribution < 1.29 is 28.6 Å². The topological polar surface area (TPSA) is 78.9 Å². The Morgan fingerprint density at radius 2 is 0.651 bits per heavy atom. The van der Waals surface area contributed by atoms with Crippen LogP contribution in [0.5, 0.6) is 0 Å². The second-order valence-electron chi connectivity index (χ2n) is 18.2. The first-order valence-electron chi connectivity index (χ1n) is 27.2. The normalized spacial score (nSPS) is 12.4. The molecule has 0 aromatic rings. The summed E-state index contributed by atoms with van der Waals surface area (Å²) in [6, 6.07) is 0. The lowest BCUT2D eigenvalue weighted by Crippen LogP contribution is -2.30. The summed E-state index contributed by atoms with van der Waals surface area (Å²) in [5.74, 6) is -0.984. The van der Waals surface area contributed by atoms with Crippen LogP contribution in [0.25, 0.3) is 0 Å². The highest BCUT2D eigenvalue weighted by molar-refractivity contribution is 5.71. The van der Waals surface area contributed by atoms with Gasteiger partial charge in [0.2, 0.25) is 0 Å². The van der Waals surface area contributed by atoms with Gasteiger partial charge in [-0.2, -0.15) is 0 Å². The van der Waals surface area contributed by atoms with Gasteiger partial charge in [-0.1, -0.05) is 243 Å². The van der Waals surface area contributed by atoms with Crippen LogP contribution in [-0.2, 0) is 28.6 Å². The zero-order chi connectivity index (χ0) is 45.8. The quantitative estimate of drug-likeness (QED) is 0.0199. The molecule has 0 saturated carbocycles. The summed E-state index contributed by atoms with van der Waals surface area (Å²) >= 11 is 0. The van der Waals surface area contributed by atoms with Crippen molar-refractivity contribution in [2.24, 2.45) is 0 Å². The molecule has 0 heterocycles. The van der Waals surface area contributed by atoms with E-state index in [1.165, 1.54) is 167 Å². The molecule has 1 unspecified atom stereocenters. The lowest BCUT2D eigenvalue weighted by atomic mass is 10.0. The molecule has 0 aromatic carbocycles. The number of esters is 3. The van der Waals surface area contributed by atoms with Gasteiger partial charge in [0, 0.05) is 19.3 Å². The first-order valence-corrected chi connectivity index (χ1v) is 27.2. The van der Waals surface area contributed by atoms with E-state index in [9.17, 15) is 14.4 Å². The minimum absolute atomic E-state index is 0.101. The lowest BCUT2D eigenvalue weighted by molar-refractivity contribution is -0.166. The van der Waals surface area contributed by atoms with Gasteiger partial charge in [-0.25, -0.2) is 0 Å². The van der Waals surface area contributed by atoms with Crippen LogP contribution in [0, 0.1) is 0 Å². The number of unbranched alkanes of at least 4 members (excludes halogenated alkanes) is 31. The predicted molar refractivity (Wildman–Crippen MR) is 270 cm³/mol. The molecule has 0 saturated heterocycles. The smallest absolute Gasteiger partial charge is 0.306 e. The standard InChI is InChI=1S/C57H102O6/c1-4-7-10-13-16-19-22-25-27-29-32-35-38-41-44-47-50-56(59)62-53-54(52-61-55(58)49-46-43-40-37-34-31-24-21-18-15-12-9-6-3)63-57(60)51-48-45-42-39-36-33-30-28-26-23-20-17-14-11-8-5-2/h27,29,31-32,34-35,40,43,54H,4-26,28,30,33,36-39,41-42,44-53H2,1-3H3/b29-27+,34-31+,35-32+,43-40+. The van der Waals surface area contributed by atoms with E-state index in [0.29, 0.717) is 19.3 Å². The van der Waals surface area contributed by atoms with Gasteiger partial charge in [0.25, 0.3) is 0 Å². The fourth-order valence-electron chi connectivity index (χ4n) is 7.72. The Bertz CT molecular complexity index is 1110. The molecule has 0 aromatic heterocycles. The summed E-state index contributed by atoms with van der Waals surface area (Å²) in [4.78, 5) is 38.0. The maximum Gasteiger partial charge on any atom is 0.306 e. The zero-order valence-corrected chi connectivity index (χ0v) is 41.8. The van der Waals surface area contributed by atoms with Gasteiger partial charge in [-0.3, -0.25) is 14.4 Å². The largest absolute Gasteiger partial charge is 0.462 e. The molecular formula is C57H102O6. The maximum atomic E-state index is 12.8. The van der Waals surface area contributed by atoms with E-state index in [0.717, 1.165) is 64.2 Å². The third-order valence-corrected chi connectivity index (χ3v) is 11.8. The average Bonchev–Trinajstić information content (AvgIpc) is 3.28. The fraction of sp³-hybridized carbons (Fsp3) is 0.807. The van der Waals surface area contributed by atoms with Gasteiger partial charge in [0.1, 0.15) is 13.2 Å². The second kappa shape index (κ2) is 52.0. The number of carbonyl (C=O) groups is 3. The number of ether oxygens (including phenoxy) is 3. The van der Waals surface area contributed by atoms with Crippen LogP contribution in [0.3, 0.4) is 0 Å². The third-order valence-electron chi connectivity index (χ3n) is 11.8. The number of hydrogen-bond acceptors (Lipinski definition) is 6. The van der Waals surface area contributed by atoms with Gasteiger partial charge in [0.15, 0.2) is 6.10 Å². The second-order valence-corrected chi connectivity index (χ2v) is 18.2. The number of allylic oxidation sites excluding steroid dienone is 8. The lowest BCUT2D eigenvalue weighted by Gasteiger charge is -2.18. The van der Waals surface area contributed by atoms with Crippen molar-refractivity contribution in [1.82, 2.24) is 0 Å². The fourth-order valence-corrected chi connectivity index (χ4v) is 7.72. The van der Waals surface area contributed by atoms with Crippen LogP contribution in [0.15, 0.2) is 48.6 Å². The molecule has 6 heteroatoms. The molecule has 1 atom stereocenters. The van der Waals surface area contributed by atoms with Crippen LogP contribution in [0.1, 0.15) is 278 Å². The highest BCUT2D eigenvalue weighted by atomic mass is 16.6. The Hall–Kier alpha value is -2.63. The van der Waals surface area contributed by atoms with E-state index in [2.05, 4.69) is 63.3 Å². The summed E-state index contributed by atoms with van der Waals surface area (Å²) < 4.78 is 16.7. The van der Waals surface area contributed by atoms with E-state index in [1.807, 2.05) is 6.08 Å². The molecule has 0 aliphatic rings. The Balaban J connectivity index is 4.45. The van der Waals surface area contributed by atoms with Gasteiger partial charge in [-0.15, -0.1) is 0 Å². The summed E-state index contributed by atoms with van der Waals surface area (Å²) in [5, 5.41) is 0. The van der Waals surface area contributed by atoms with Crippen LogP contribution in [0.4, 0.5) is 0 Å². The van der Waals surface area contributed by atoms with Crippen molar-refractivity contribution in [3.8, 4) is 0 Å². The summed E-state index contributed by atoms with van der Waals surface area (Å²) in [6.45, 7) is 6.57. The van der Waals surface area contributed by atoms with Crippen molar-refractivity contribution in [3.05, 3.63) is 48.6 Å². The van der Waals surface area contributed by atoms with E-state index in [4.69, 9.17) is 14.2 Å².